The number of morpholine rings is 1. The molecule has 0 saturated carbocycles. The molecule has 0 unspecified atom stereocenters. The van der Waals surface area contributed by atoms with Gasteiger partial charge in [0.05, 0.1) is 36.6 Å². The standard InChI is InChI=1S/C25H27N3O8S2/c1-33-20-5-2-18(3-6-20)26-38(31,32)25-16-19(4-8-22(25)28-10-12-34-13-11-28)27-37(29,30)21-7-9-23-24(17-21)36-15-14-35-23/h2-9,16-17,26-27H,10-15H2,1H3. The van der Waals surface area contributed by atoms with Crippen LogP contribution in [0.15, 0.2) is 70.5 Å². The molecule has 3 aromatic carbocycles. The first-order chi connectivity index (χ1) is 18.2. The summed E-state index contributed by atoms with van der Waals surface area (Å²) in [6.45, 7) is 2.58. The quantitative estimate of drug-likeness (QED) is 0.426. The Labute approximate surface area is 221 Å². The molecule has 2 N–H and O–H groups in total. The summed E-state index contributed by atoms with van der Waals surface area (Å²) in [6.07, 6.45) is 0. The van der Waals surface area contributed by atoms with E-state index in [0.29, 0.717) is 68.1 Å². The minimum Gasteiger partial charge on any atom is -0.497 e. The fourth-order valence-corrected chi connectivity index (χ4v) is 6.51. The molecule has 11 nitrogen and oxygen atoms in total. The summed E-state index contributed by atoms with van der Waals surface area (Å²) in [5.74, 6) is 1.37. The highest BCUT2D eigenvalue weighted by atomic mass is 32.2. The number of sulfonamides is 2. The average Bonchev–Trinajstić information content (AvgIpc) is 2.93. The second-order valence-corrected chi connectivity index (χ2v) is 11.9. The van der Waals surface area contributed by atoms with E-state index in [9.17, 15) is 16.8 Å². The normalized spacial score (nSPS) is 15.6. The second-order valence-electron chi connectivity index (χ2n) is 8.53. The van der Waals surface area contributed by atoms with Gasteiger partial charge in [0.2, 0.25) is 0 Å². The monoisotopic (exact) mass is 561 g/mol. The highest BCUT2D eigenvalue weighted by Crippen LogP contribution is 2.34. The molecule has 0 amide bonds. The maximum absolute atomic E-state index is 13.6. The third-order valence-corrected chi connectivity index (χ3v) is 8.81. The maximum Gasteiger partial charge on any atom is 0.264 e. The first-order valence-electron chi connectivity index (χ1n) is 11.8. The first kappa shape index (κ1) is 25.9. The van der Waals surface area contributed by atoms with E-state index in [1.165, 1.54) is 37.4 Å². The van der Waals surface area contributed by atoms with Crippen molar-refractivity contribution in [3.63, 3.8) is 0 Å². The van der Waals surface area contributed by atoms with Crippen LogP contribution in [0.1, 0.15) is 0 Å². The van der Waals surface area contributed by atoms with E-state index in [0.717, 1.165) is 0 Å². The van der Waals surface area contributed by atoms with Crippen LogP contribution in [0.25, 0.3) is 0 Å². The van der Waals surface area contributed by atoms with Crippen molar-refractivity contribution < 1.29 is 35.8 Å². The fraction of sp³-hybridized carbons (Fsp3) is 0.280. The van der Waals surface area contributed by atoms with Crippen LogP contribution in [-0.2, 0) is 24.8 Å². The van der Waals surface area contributed by atoms with Crippen molar-refractivity contribution in [2.24, 2.45) is 0 Å². The van der Waals surface area contributed by atoms with E-state index < -0.39 is 20.0 Å². The zero-order valence-corrected chi connectivity index (χ0v) is 22.2. The van der Waals surface area contributed by atoms with Crippen molar-refractivity contribution >= 4 is 37.1 Å². The Hall–Kier alpha value is -3.68. The number of rotatable bonds is 8. The van der Waals surface area contributed by atoms with Crippen LogP contribution in [0.3, 0.4) is 0 Å². The van der Waals surface area contributed by atoms with Gasteiger partial charge in [0.25, 0.3) is 20.0 Å². The summed E-state index contributed by atoms with van der Waals surface area (Å²) in [5.41, 5.74) is 0.865. The van der Waals surface area contributed by atoms with Crippen LogP contribution in [0.5, 0.6) is 17.2 Å². The molecule has 2 aliphatic heterocycles. The van der Waals surface area contributed by atoms with Crippen LogP contribution in [0.2, 0.25) is 0 Å². The van der Waals surface area contributed by atoms with E-state index in [2.05, 4.69) is 9.44 Å². The Morgan fingerprint density at radius 2 is 1.39 bits per heavy atom. The molecule has 38 heavy (non-hydrogen) atoms. The molecule has 2 aliphatic rings. The molecule has 2 heterocycles. The molecule has 1 saturated heterocycles. The number of benzene rings is 3. The molecule has 0 bridgehead atoms. The molecule has 0 aromatic heterocycles. The number of hydrogen-bond donors (Lipinski definition) is 2. The largest absolute Gasteiger partial charge is 0.497 e. The number of fused-ring (bicyclic) bond motifs is 1. The zero-order chi connectivity index (χ0) is 26.8. The van der Waals surface area contributed by atoms with Gasteiger partial charge in [-0.3, -0.25) is 9.44 Å². The summed E-state index contributed by atoms with van der Waals surface area (Å²) < 4.78 is 80.0. The van der Waals surface area contributed by atoms with Crippen LogP contribution in [-0.4, -0.2) is 63.5 Å². The van der Waals surface area contributed by atoms with Gasteiger partial charge in [-0.05, 0) is 54.6 Å². The zero-order valence-electron chi connectivity index (χ0n) is 20.5. The lowest BCUT2D eigenvalue weighted by Gasteiger charge is -2.30. The fourth-order valence-electron chi connectivity index (χ4n) is 4.13. The lowest BCUT2D eigenvalue weighted by atomic mass is 10.2. The Morgan fingerprint density at radius 3 is 2.11 bits per heavy atom. The van der Waals surface area contributed by atoms with Crippen molar-refractivity contribution in [1.82, 2.24) is 0 Å². The van der Waals surface area contributed by atoms with Crippen LogP contribution in [0.4, 0.5) is 17.1 Å². The minimum absolute atomic E-state index is 0.0419. The first-order valence-corrected chi connectivity index (χ1v) is 14.8. The number of methoxy groups -OCH3 is 1. The van der Waals surface area contributed by atoms with Crippen molar-refractivity contribution in [1.29, 1.82) is 0 Å². The summed E-state index contributed by atoms with van der Waals surface area (Å²) in [5, 5.41) is 0. The van der Waals surface area contributed by atoms with Gasteiger partial charge < -0.3 is 23.8 Å². The van der Waals surface area contributed by atoms with E-state index >= 15 is 0 Å². The van der Waals surface area contributed by atoms with Crippen molar-refractivity contribution in [3.8, 4) is 17.2 Å². The van der Waals surface area contributed by atoms with Gasteiger partial charge in [-0.2, -0.15) is 0 Å². The average molecular weight is 562 g/mol. The Morgan fingerprint density at radius 1 is 0.737 bits per heavy atom. The highest BCUT2D eigenvalue weighted by Gasteiger charge is 2.26. The topological polar surface area (TPSA) is 132 Å². The maximum atomic E-state index is 13.6. The van der Waals surface area contributed by atoms with Crippen molar-refractivity contribution in [2.75, 3.05) is 61.0 Å². The van der Waals surface area contributed by atoms with Gasteiger partial charge >= 0.3 is 0 Å². The third kappa shape index (κ3) is 5.59. The molecule has 0 atom stereocenters. The molecule has 5 rings (SSSR count). The lowest BCUT2D eigenvalue weighted by Crippen LogP contribution is -2.37. The summed E-state index contributed by atoms with van der Waals surface area (Å²) in [4.78, 5) is 1.78. The molecule has 0 spiro atoms. The number of nitrogens with one attached hydrogen (secondary N) is 2. The molecule has 0 aliphatic carbocycles. The van der Waals surface area contributed by atoms with Crippen molar-refractivity contribution in [2.45, 2.75) is 9.79 Å². The Bertz CT molecular complexity index is 1520. The van der Waals surface area contributed by atoms with Crippen LogP contribution < -0.4 is 28.6 Å². The van der Waals surface area contributed by atoms with Crippen molar-refractivity contribution in [3.05, 3.63) is 60.7 Å². The predicted molar refractivity (Wildman–Crippen MR) is 142 cm³/mol. The van der Waals surface area contributed by atoms with Gasteiger partial charge in [-0.15, -0.1) is 0 Å². The molecular formula is C25H27N3O8S2. The van der Waals surface area contributed by atoms with Crippen LogP contribution in [0, 0.1) is 0 Å². The van der Waals surface area contributed by atoms with Gasteiger partial charge in [-0.1, -0.05) is 0 Å². The second kappa shape index (κ2) is 10.6. The van der Waals surface area contributed by atoms with Crippen LogP contribution >= 0.6 is 0 Å². The summed E-state index contributed by atoms with van der Waals surface area (Å²) in [6, 6.07) is 15.2. The number of hydrogen-bond acceptors (Lipinski definition) is 9. The molecule has 13 heteroatoms. The third-order valence-electron chi connectivity index (χ3n) is 6.02. The molecule has 0 radical (unpaired) electrons. The Balaban J connectivity index is 1.48. The molecule has 3 aromatic rings. The van der Waals surface area contributed by atoms with E-state index in [4.69, 9.17) is 18.9 Å². The van der Waals surface area contributed by atoms with Gasteiger partial charge in [-0.25, -0.2) is 16.8 Å². The number of anilines is 3. The smallest absolute Gasteiger partial charge is 0.264 e. The van der Waals surface area contributed by atoms with E-state index in [1.54, 1.807) is 30.3 Å². The molecule has 1 fully saturated rings. The SMILES string of the molecule is COc1ccc(NS(=O)(=O)c2cc(NS(=O)(=O)c3ccc4c(c3)OCCO4)ccc2N2CCOCC2)cc1. The summed E-state index contributed by atoms with van der Waals surface area (Å²) >= 11 is 0. The molecule has 202 valence electrons. The van der Waals surface area contributed by atoms with Gasteiger partial charge in [0, 0.05) is 24.8 Å². The Kier molecular flexibility index (Phi) is 7.23. The van der Waals surface area contributed by atoms with E-state index in [-0.39, 0.29) is 15.5 Å². The predicted octanol–water partition coefficient (Wildman–Crippen LogP) is 2.90. The van der Waals surface area contributed by atoms with Gasteiger partial charge in [0.1, 0.15) is 23.9 Å². The van der Waals surface area contributed by atoms with E-state index in [1.807, 2.05) is 4.90 Å². The highest BCUT2D eigenvalue weighted by molar-refractivity contribution is 7.93. The number of ether oxygens (including phenoxy) is 4. The number of nitrogens with zero attached hydrogens (tertiary/aromatic N) is 1. The minimum atomic E-state index is -4.11. The van der Waals surface area contributed by atoms with Gasteiger partial charge in [0.15, 0.2) is 11.5 Å². The molecular weight excluding hydrogens is 534 g/mol. The lowest BCUT2D eigenvalue weighted by molar-refractivity contribution is 0.122. The summed E-state index contributed by atoms with van der Waals surface area (Å²) in [7, 11) is -6.65.